The molecule has 0 aliphatic carbocycles. The minimum absolute atomic E-state index is 0.0416. The molecule has 15 heavy (non-hydrogen) atoms. The van der Waals surface area contributed by atoms with Crippen molar-refractivity contribution in [2.75, 3.05) is 7.11 Å². The van der Waals surface area contributed by atoms with Gasteiger partial charge in [0.25, 0.3) is 0 Å². The quantitative estimate of drug-likeness (QED) is 0.672. The van der Waals surface area contributed by atoms with Crippen LogP contribution in [0.5, 0.6) is 5.75 Å². The van der Waals surface area contributed by atoms with E-state index in [0.29, 0.717) is 0 Å². The smallest absolute Gasteiger partial charge is 0.118 e. The number of hydrogen-bond acceptors (Lipinski definition) is 1. The van der Waals surface area contributed by atoms with Crippen LogP contribution in [0.2, 0.25) is 0 Å². The lowest BCUT2D eigenvalue weighted by atomic mass is 9.92. The molecule has 1 aromatic carbocycles. The number of allylic oxidation sites excluding steroid dienone is 2. The summed E-state index contributed by atoms with van der Waals surface area (Å²) in [6.07, 6.45) is 6.18. The summed E-state index contributed by atoms with van der Waals surface area (Å²) in [5.41, 5.74) is 1.21. The van der Waals surface area contributed by atoms with Crippen molar-refractivity contribution in [1.29, 1.82) is 0 Å². The number of benzene rings is 1. The van der Waals surface area contributed by atoms with Crippen LogP contribution in [0.4, 0.5) is 0 Å². The first-order valence-electron chi connectivity index (χ1n) is 5.04. The number of hydrogen-bond donors (Lipinski definition) is 0. The van der Waals surface area contributed by atoms with Crippen LogP contribution < -0.4 is 4.74 Å². The molecule has 1 heteroatoms. The molecule has 0 heterocycles. The van der Waals surface area contributed by atoms with Crippen LogP contribution in [-0.2, 0) is 0 Å². The molecule has 0 atom stereocenters. The molecule has 0 N–H and O–H groups in total. The Hall–Kier alpha value is -1.50. The van der Waals surface area contributed by atoms with Crippen LogP contribution in [0, 0.1) is 5.41 Å². The van der Waals surface area contributed by atoms with Gasteiger partial charge in [0, 0.05) is 5.41 Å². The average molecular weight is 202 g/mol. The monoisotopic (exact) mass is 202 g/mol. The van der Waals surface area contributed by atoms with Crippen molar-refractivity contribution in [2.24, 2.45) is 5.41 Å². The van der Waals surface area contributed by atoms with E-state index < -0.39 is 0 Å². The lowest BCUT2D eigenvalue weighted by Gasteiger charge is -2.13. The van der Waals surface area contributed by atoms with Gasteiger partial charge in [0.1, 0.15) is 5.75 Å². The van der Waals surface area contributed by atoms with Crippen molar-refractivity contribution >= 4 is 6.08 Å². The summed E-state index contributed by atoms with van der Waals surface area (Å²) < 4.78 is 5.10. The van der Waals surface area contributed by atoms with E-state index in [1.807, 2.05) is 30.3 Å². The van der Waals surface area contributed by atoms with E-state index in [2.05, 4.69) is 32.6 Å². The highest BCUT2D eigenvalue weighted by molar-refractivity contribution is 5.51. The third-order valence-corrected chi connectivity index (χ3v) is 2.35. The minimum Gasteiger partial charge on any atom is -0.497 e. The zero-order valence-electron chi connectivity index (χ0n) is 9.66. The third kappa shape index (κ3) is 3.62. The molecule has 0 unspecified atom stereocenters. The van der Waals surface area contributed by atoms with Gasteiger partial charge in [-0.3, -0.25) is 0 Å². The van der Waals surface area contributed by atoms with Crippen LogP contribution in [0.3, 0.4) is 0 Å². The molecule has 0 spiro atoms. The summed E-state index contributed by atoms with van der Waals surface area (Å²) in [5.74, 6) is 0.884. The fourth-order valence-electron chi connectivity index (χ4n) is 1.09. The fraction of sp³-hybridized carbons (Fsp3) is 0.286. The van der Waals surface area contributed by atoms with E-state index in [0.717, 1.165) is 5.75 Å². The predicted octanol–water partition coefficient (Wildman–Crippen LogP) is 3.92. The van der Waals surface area contributed by atoms with Gasteiger partial charge in [0.05, 0.1) is 7.11 Å². The highest BCUT2D eigenvalue weighted by atomic mass is 16.5. The van der Waals surface area contributed by atoms with Gasteiger partial charge in [-0.15, -0.1) is 6.58 Å². The fourth-order valence-corrected chi connectivity index (χ4v) is 1.09. The largest absolute Gasteiger partial charge is 0.497 e. The first kappa shape index (κ1) is 11.6. The Labute approximate surface area is 92.1 Å². The molecule has 0 amide bonds. The summed E-state index contributed by atoms with van der Waals surface area (Å²) in [5, 5.41) is 0. The van der Waals surface area contributed by atoms with Crippen LogP contribution in [0.25, 0.3) is 6.08 Å². The Morgan fingerprint density at radius 3 is 2.27 bits per heavy atom. The molecule has 0 aliphatic rings. The second-order valence-electron chi connectivity index (χ2n) is 4.13. The second kappa shape index (κ2) is 4.83. The molecule has 1 nitrogen and oxygen atoms in total. The van der Waals surface area contributed by atoms with Gasteiger partial charge in [-0.1, -0.05) is 44.2 Å². The number of rotatable bonds is 4. The maximum Gasteiger partial charge on any atom is 0.118 e. The molecule has 1 aromatic rings. The zero-order chi connectivity index (χ0) is 11.3. The van der Waals surface area contributed by atoms with Gasteiger partial charge >= 0.3 is 0 Å². The molecular formula is C14H18O. The van der Waals surface area contributed by atoms with Gasteiger partial charge in [0.2, 0.25) is 0 Å². The normalized spacial score (nSPS) is 11.7. The SMILES string of the molecule is C=CC(C)(C)C=Cc1ccc(OC)cc1. The second-order valence-corrected chi connectivity index (χ2v) is 4.13. The predicted molar refractivity (Wildman–Crippen MR) is 66.0 cm³/mol. The van der Waals surface area contributed by atoms with E-state index in [1.165, 1.54) is 5.56 Å². The van der Waals surface area contributed by atoms with Gasteiger partial charge in [-0.2, -0.15) is 0 Å². The Morgan fingerprint density at radius 2 is 1.80 bits per heavy atom. The zero-order valence-corrected chi connectivity index (χ0v) is 9.66. The van der Waals surface area contributed by atoms with Crippen molar-refractivity contribution in [2.45, 2.75) is 13.8 Å². The van der Waals surface area contributed by atoms with E-state index >= 15 is 0 Å². The van der Waals surface area contributed by atoms with Crippen molar-refractivity contribution in [3.63, 3.8) is 0 Å². The first-order valence-corrected chi connectivity index (χ1v) is 5.04. The molecule has 1 rings (SSSR count). The first-order chi connectivity index (χ1) is 7.07. The van der Waals surface area contributed by atoms with Gasteiger partial charge in [-0.05, 0) is 17.7 Å². The Balaban J connectivity index is 2.77. The molecule has 0 saturated heterocycles. The molecule has 80 valence electrons. The maximum absolute atomic E-state index is 5.10. The summed E-state index contributed by atoms with van der Waals surface area (Å²) in [6.45, 7) is 8.05. The van der Waals surface area contributed by atoms with E-state index in [1.54, 1.807) is 7.11 Å². The summed E-state index contributed by atoms with van der Waals surface area (Å²) in [7, 11) is 1.67. The van der Waals surface area contributed by atoms with Crippen molar-refractivity contribution < 1.29 is 4.74 Å². The Bertz CT molecular complexity index is 344. The number of ether oxygens (including phenoxy) is 1. The maximum atomic E-state index is 5.10. The summed E-state index contributed by atoms with van der Waals surface area (Å²) in [4.78, 5) is 0. The standard InChI is InChI=1S/C14H18O/c1-5-14(2,3)11-10-12-6-8-13(15-4)9-7-12/h5-11H,1H2,2-4H3. The summed E-state index contributed by atoms with van der Waals surface area (Å²) in [6, 6.07) is 7.99. The molecule has 0 radical (unpaired) electrons. The molecule has 0 aromatic heterocycles. The van der Waals surface area contributed by atoms with Crippen LogP contribution in [-0.4, -0.2) is 7.11 Å². The lowest BCUT2D eigenvalue weighted by molar-refractivity contribution is 0.415. The van der Waals surface area contributed by atoms with Gasteiger partial charge < -0.3 is 4.74 Å². The van der Waals surface area contributed by atoms with Crippen molar-refractivity contribution in [1.82, 2.24) is 0 Å². The van der Waals surface area contributed by atoms with Crippen LogP contribution in [0.15, 0.2) is 43.0 Å². The molecular weight excluding hydrogens is 184 g/mol. The summed E-state index contributed by atoms with van der Waals surface area (Å²) >= 11 is 0. The topological polar surface area (TPSA) is 9.23 Å². The van der Waals surface area contributed by atoms with Gasteiger partial charge in [-0.25, -0.2) is 0 Å². The minimum atomic E-state index is 0.0416. The molecule has 0 aliphatic heterocycles. The Kier molecular flexibility index (Phi) is 3.73. The molecule has 0 fully saturated rings. The molecule has 0 bridgehead atoms. The molecule has 0 saturated carbocycles. The van der Waals surface area contributed by atoms with Crippen LogP contribution in [0.1, 0.15) is 19.4 Å². The lowest BCUT2D eigenvalue weighted by Crippen LogP contribution is -2.00. The van der Waals surface area contributed by atoms with E-state index in [9.17, 15) is 0 Å². The highest BCUT2D eigenvalue weighted by Gasteiger charge is 2.06. The van der Waals surface area contributed by atoms with E-state index in [4.69, 9.17) is 4.74 Å². The third-order valence-electron chi connectivity index (χ3n) is 2.35. The highest BCUT2D eigenvalue weighted by Crippen LogP contribution is 2.20. The van der Waals surface area contributed by atoms with Crippen molar-refractivity contribution in [3.05, 3.63) is 48.6 Å². The van der Waals surface area contributed by atoms with Gasteiger partial charge in [0.15, 0.2) is 0 Å². The van der Waals surface area contributed by atoms with Crippen LogP contribution >= 0.6 is 0 Å². The Morgan fingerprint density at radius 1 is 1.20 bits per heavy atom. The average Bonchev–Trinajstić information content (AvgIpc) is 2.27. The van der Waals surface area contributed by atoms with E-state index in [-0.39, 0.29) is 5.41 Å². The van der Waals surface area contributed by atoms with Crippen molar-refractivity contribution in [3.8, 4) is 5.75 Å². The number of methoxy groups -OCH3 is 1.